The topological polar surface area (TPSA) is 55.3 Å². The van der Waals surface area contributed by atoms with E-state index >= 15 is 0 Å². The highest BCUT2D eigenvalue weighted by atomic mass is 19.2. The summed E-state index contributed by atoms with van der Waals surface area (Å²) in [5, 5.41) is 0. The van der Waals surface area contributed by atoms with Crippen LogP contribution in [0, 0.1) is 11.6 Å². The average Bonchev–Trinajstić information content (AvgIpc) is 2.63. The number of rotatable bonds is 3. The first-order chi connectivity index (χ1) is 11.6. The Morgan fingerprint density at radius 1 is 1.25 bits per heavy atom. The highest BCUT2D eigenvalue weighted by Crippen LogP contribution is 2.31. The summed E-state index contributed by atoms with van der Waals surface area (Å²) in [6, 6.07) is 5.72. The van der Waals surface area contributed by atoms with Crippen LogP contribution >= 0.6 is 0 Å². The van der Waals surface area contributed by atoms with Crippen molar-refractivity contribution in [3.8, 4) is 5.88 Å². The molecule has 24 heavy (non-hydrogen) atoms. The molecular formula is C17H17F2N3O2. The molecule has 3 rings (SSSR count). The molecule has 1 aromatic carbocycles. The molecule has 0 atom stereocenters. The number of halogens is 2. The van der Waals surface area contributed by atoms with Gasteiger partial charge in [-0.3, -0.25) is 4.79 Å². The third-order valence-corrected chi connectivity index (χ3v) is 4.27. The zero-order chi connectivity index (χ0) is 17.1. The summed E-state index contributed by atoms with van der Waals surface area (Å²) in [7, 11) is 1.47. The molecule has 1 saturated heterocycles. The molecule has 0 radical (unpaired) electrons. The van der Waals surface area contributed by atoms with Crippen molar-refractivity contribution in [2.24, 2.45) is 0 Å². The van der Waals surface area contributed by atoms with E-state index in [-0.39, 0.29) is 17.5 Å². The maximum Gasteiger partial charge on any atom is 0.272 e. The maximum atomic E-state index is 13.9. The second kappa shape index (κ2) is 6.90. The highest BCUT2D eigenvalue weighted by Gasteiger charge is 2.27. The standard InChI is InChI=1S/C17H17F2N3O2/c1-24-15-9-14(20-10-21-15)17(23)22-7-5-11(6-8-22)12-3-2-4-13(18)16(12)19/h2-4,9-11H,5-8H2,1H3. The van der Waals surface area contributed by atoms with E-state index in [0.717, 1.165) is 6.07 Å². The van der Waals surface area contributed by atoms with Crippen molar-refractivity contribution in [2.45, 2.75) is 18.8 Å². The lowest BCUT2D eigenvalue weighted by molar-refractivity contribution is 0.0705. The quantitative estimate of drug-likeness (QED) is 0.867. The predicted octanol–water partition coefficient (Wildman–Crippen LogP) is 2.78. The molecule has 0 N–H and O–H groups in total. The van der Waals surface area contributed by atoms with Gasteiger partial charge in [0.05, 0.1) is 7.11 Å². The molecule has 2 aromatic rings. The van der Waals surface area contributed by atoms with Crippen LogP contribution in [0.15, 0.2) is 30.6 Å². The molecule has 7 heteroatoms. The van der Waals surface area contributed by atoms with Gasteiger partial charge in [-0.05, 0) is 30.4 Å². The van der Waals surface area contributed by atoms with Gasteiger partial charge in [-0.2, -0.15) is 0 Å². The van der Waals surface area contributed by atoms with Gasteiger partial charge in [0.15, 0.2) is 11.6 Å². The van der Waals surface area contributed by atoms with E-state index < -0.39 is 11.6 Å². The summed E-state index contributed by atoms with van der Waals surface area (Å²) in [6.45, 7) is 0.928. The smallest absolute Gasteiger partial charge is 0.272 e. The van der Waals surface area contributed by atoms with Crippen molar-refractivity contribution in [3.63, 3.8) is 0 Å². The number of likely N-dealkylation sites (tertiary alicyclic amines) is 1. The average molecular weight is 333 g/mol. The Kier molecular flexibility index (Phi) is 4.69. The van der Waals surface area contributed by atoms with Gasteiger partial charge in [0.2, 0.25) is 5.88 Å². The molecule has 1 amide bonds. The molecular weight excluding hydrogens is 316 g/mol. The fourth-order valence-corrected chi connectivity index (χ4v) is 2.96. The number of methoxy groups -OCH3 is 1. The lowest BCUT2D eigenvalue weighted by Gasteiger charge is -2.32. The molecule has 2 heterocycles. The molecule has 1 aromatic heterocycles. The molecule has 1 aliphatic heterocycles. The van der Waals surface area contributed by atoms with Crippen LogP contribution in [0.1, 0.15) is 34.8 Å². The van der Waals surface area contributed by atoms with E-state index in [9.17, 15) is 13.6 Å². The van der Waals surface area contributed by atoms with E-state index in [2.05, 4.69) is 9.97 Å². The van der Waals surface area contributed by atoms with E-state index in [1.54, 1.807) is 11.0 Å². The SMILES string of the molecule is COc1cc(C(=O)N2CCC(c3cccc(F)c3F)CC2)ncn1. The Morgan fingerprint density at radius 3 is 2.71 bits per heavy atom. The van der Waals surface area contributed by atoms with E-state index in [1.807, 2.05) is 0 Å². The van der Waals surface area contributed by atoms with Crippen molar-refractivity contribution < 1.29 is 18.3 Å². The Bertz CT molecular complexity index is 746. The van der Waals surface area contributed by atoms with Crippen LogP contribution in [0.5, 0.6) is 5.88 Å². The largest absolute Gasteiger partial charge is 0.481 e. The molecule has 0 spiro atoms. The van der Waals surface area contributed by atoms with Crippen molar-refractivity contribution in [3.05, 3.63) is 53.5 Å². The van der Waals surface area contributed by atoms with Gasteiger partial charge >= 0.3 is 0 Å². The van der Waals surface area contributed by atoms with Crippen molar-refractivity contribution in [1.82, 2.24) is 14.9 Å². The van der Waals surface area contributed by atoms with Crippen LogP contribution in [0.2, 0.25) is 0 Å². The zero-order valence-corrected chi connectivity index (χ0v) is 13.2. The summed E-state index contributed by atoms with van der Waals surface area (Å²) in [5.74, 6) is -1.61. The summed E-state index contributed by atoms with van der Waals surface area (Å²) in [4.78, 5) is 22.0. The number of benzene rings is 1. The van der Waals surface area contributed by atoms with Gasteiger partial charge in [0, 0.05) is 19.2 Å². The third kappa shape index (κ3) is 3.20. The lowest BCUT2D eigenvalue weighted by Crippen LogP contribution is -2.38. The summed E-state index contributed by atoms with van der Waals surface area (Å²) in [5.41, 5.74) is 0.642. The number of ether oxygens (including phenoxy) is 1. The van der Waals surface area contributed by atoms with Crippen LogP contribution in [-0.2, 0) is 0 Å². The first-order valence-corrected chi connectivity index (χ1v) is 7.69. The molecule has 1 fully saturated rings. The van der Waals surface area contributed by atoms with Crippen molar-refractivity contribution in [1.29, 1.82) is 0 Å². The van der Waals surface area contributed by atoms with E-state index in [0.29, 0.717) is 37.4 Å². The molecule has 0 aliphatic carbocycles. The fourth-order valence-electron chi connectivity index (χ4n) is 2.96. The monoisotopic (exact) mass is 333 g/mol. The Morgan fingerprint density at radius 2 is 2.00 bits per heavy atom. The van der Waals surface area contributed by atoms with Crippen LogP contribution < -0.4 is 4.74 Å². The Labute approximate surface area is 138 Å². The number of aromatic nitrogens is 2. The predicted molar refractivity (Wildman–Crippen MR) is 82.8 cm³/mol. The number of nitrogens with zero attached hydrogens (tertiary/aromatic N) is 3. The Balaban J connectivity index is 1.68. The number of carbonyl (C=O) groups excluding carboxylic acids is 1. The van der Waals surface area contributed by atoms with Crippen LogP contribution in [0.25, 0.3) is 0 Å². The van der Waals surface area contributed by atoms with Gasteiger partial charge < -0.3 is 9.64 Å². The normalized spacial score (nSPS) is 15.4. The third-order valence-electron chi connectivity index (χ3n) is 4.27. The number of amides is 1. The summed E-state index contributed by atoms with van der Waals surface area (Å²) in [6.07, 6.45) is 2.43. The summed E-state index contributed by atoms with van der Waals surface area (Å²) >= 11 is 0. The minimum Gasteiger partial charge on any atom is -0.481 e. The Hall–Kier alpha value is -2.57. The molecule has 126 valence electrons. The lowest BCUT2D eigenvalue weighted by atomic mass is 9.89. The number of piperidine rings is 1. The van der Waals surface area contributed by atoms with E-state index in [1.165, 1.54) is 25.6 Å². The number of carbonyl (C=O) groups is 1. The first-order valence-electron chi connectivity index (χ1n) is 7.69. The molecule has 0 unspecified atom stereocenters. The van der Waals surface area contributed by atoms with Crippen LogP contribution in [0.3, 0.4) is 0 Å². The van der Waals surface area contributed by atoms with Crippen LogP contribution in [-0.4, -0.2) is 41.0 Å². The zero-order valence-electron chi connectivity index (χ0n) is 13.2. The fraction of sp³-hybridized carbons (Fsp3) is 0.353. The first kappa shape index (κ1) is 16.3. The minimum atomic E-state index is -0.834. The summed E-state index contributed by atoms with van der Waals surface area (Å²) < 4.78 is 32.3. The van der Waals surface area contributed by atoms with Gasteiger partial charge in [-0.25, -0.2) is 18.7 Å². The second-order valence-corrected chi connectivity index (χ2v) is 5.66. The molecule has 0 saturated carbocycles. The second-order valence-electron chi connectivity index (χ2n) is 5.66. The van der Waals surface area contributed by atoms with Crippen molar-refractivity contribution >= 4 is 5.91 Å². The van der Waals surface area contributed by atoms with Crippen LogP contribution in [0.4, 0.5) is 8.78 Å². The van der Waals surface area contributed by atoms with E-state index in [4.69, 9.17) is 4.74 Å². The van der Waals surface area contributed by atoms with Gasteiger partial charge in [0.1, 0.15) is 12.0 Å². The number of hydrogen-bond donors (Lipinski definition) is 0. The van der Waals surface area contributed by atoms with Crippen molar-refractivity contribution in [2.75, 3.05) is 20.2 Å². The maximum absolute atomic E-state index is 13.9. The van der Waals surface area contributed by atoms with Gasteiger partial charge in [-0.15, -0.1) is 0 Å². The number of hydrogen-bond acceptors (Lipinski definition) is 4. The minimum absolute atomic E-state index is 0.0929. The molecule has 0 bridgehead atoms. The van der Waals surface area contributed by atoms with Gasteiger partial charge in [0.25, 0.3) is 5.91 Å². The van der Waals surface area contributed by atoms with Gasteiger partial charge in [-0.1, -0.05) is 12.1 Å². The molecule has 5 nitrogen and oxygen atoms in total. The molecule has 1 aliphatic rings. The highest BCUT2D eigenvalue weighted by molar-refractivity contribution is 5.92.